The van der Waals surface area contributed by atoms with E-state index in [2.05, 4.69) is 47.0 Å². The summed E-state index contributed by atoms with van der Waals surface area (Å²) in [5.74, 6) is 1.63. The second-order valence-electron chi connectivity index (χ2n) is 6.10. The Hall–Kier alpha value is -1.39. The van der Waals surface area contributed by atoms with Gasteiger partial charge in [0.1, 0.15) is 11.5 Å². The summed E-state index contributed by atoms with van der Waals surface area (Å²) in [5.41, 5.74) is 2.25. The largest absolute Gasteiger partial charge is 0.455 e. The number of ether oxygens (including phenoxy) is 1. The van der Waals surface area contributed by atoms with Crippen LogP contribution in [0.15, 0.2) is 41.1 Å². The molecule has 0 aliphatic rings. The smallest absolute Gasteiger partial charge is 0.150 e. The molecule has 1 N–H and O–H groups in total. The van der Waals surface area contributed by atoms with E-state index in [0.29, 0.717) is 0 Å². The van der Waals surface area contributed by atoms with Gasteiger partial charge in [0.2, 0.25) is 0 Å². The van der Waals surface area contributed by atoms with Gasteiger partial charge in [-0.2, -0.15) is 0 Å². The van der Waals surface area contributed by atoms with Crippen molar-refractivity contribution in [1.29, 1.82) is 0 Å². The number of pyridine rings is 1. The molecule has 21 heavy (non-hydrogen) atoms. The molecule has 0 aliphatic carbocycles. The lowest BCUT2D eigenvalue weighted by Gasteiger charge is -2.21. The molecular formula is C17H21BrN2O. The summed E-state index contributed by atoms with van der Waals surface area (Å²) in [6.07, 6.45) is 3.56. The quantitative estimate of drug-likeness (QED) is 0.858. The van der Waals surface area contributed by atoms with Gasteiger partial charge in [-0.15, -0.1) is 0 Å². The highest BCUT2D eigenvalue weighted by molar-refractivity contribution is 9.10. The van der Waals surface area contributed by atoms with Crippen LogP contribution in [0.3, 0.4) is 0 Å². The highest BCUT2D eigenvalue weighted by Gasteiger charge is 2.12. The Morgan fingerprint density at radius 1 is 1.19 bits per heavy atom. The molecule has 0 radical (unpaired) electrons. The molecule has 0 saturated heterocycles. The Labute approximate surface area is 134 Å². The third-order valence-electron chi connectivity index (χ3n) is 3.05. The maximum Gasteiger partial charge on any atom is 0.150 e. The topological polar surface area (TPSA) is 34.1 Å². The summed E-state index contributed by atoms with van der Waals surface area (Å²) in [4.78, 5) is 4.17. The molecular weight excluding hydrogens is 328 g/mol. The summed E-state index contributed by atoms with van der Waals surface area (Å²) >= 11 is 3.48. The van der Waals surface area contributed by atoms with Crippen LogP contribution in [-0.2, 0) is 6.54 Å². The fourth-order valence-electron chi connectivity index (χ4n) is 1.81. The second-order valence-corrected chi connectivity index (χ2v) is 7.01. The van der Waals surface area contributed by atoms with Gasteiger partial charge in [-0.3, -0.25) is 4.98 Å². The molecule has 0 saturated carbocycles. The summed E-state index contributed by atoms with van der Waals surface area (Å²) in [6, 6.07) is 8.00. The first kappa shape index (κ1) is 16.0. The fraction of sp³-hybridized carbons (Fsp3) is 0.353. The molecule has 4 heteroatoms. The minimum Gasteiger partial charge on any atom is -0.455 e. The van der Waals surface area contributed by atoms with Crippen LogP contribution in [0.5, 0.6) is 11.5 Å². The molecule has 2 aromatic rings. The van der Waals surface area contributed by atoms with Gasteiger partial charge in [-0.25, -0.2) is 0 Å². The molecule has 0 spiro atoms. The molecule has 0 unspecified atom stereocenters. The first-order chi connectivity index (χ1) is 9.85. The average molecular weight is 349 g/mol. The molecule has 112 valence electrons. The minimum absolute atomic E-state index is 0.0617. The number of aryl methyl sites for hydroxylation is 1. The Bertz CT molecular complexity index is 620. The summed E-state index contributed by atoms with van der Waals surface area (Å²) in [5, 5.41) is 3.47. The Morgan fingerprint density at radius 3 is 2.67 bits per heavy atom. The molecule has 1 aromatic heterocycles. The van der Waals surface area contributed by atoms with E-state index in [1.54, 1.807) is 12.4 Å². The average Bonchev–Trinajstić information content (AvgIpc) is 2.41. The molecule has 3 nitrogen and oxygen atoms in total. The summed E-state index contributed by atoms with van der Waals surface area (Å²) < 4.78 is 7.06. The van der Waals surface area contributed by atoms with Crippen LogP contribution in [0.4, 0.5) is 0 Å². The Balaban J connectivity index is 2.22. The van der Waals surface area contributed by atoms with Gasteiger partial charge in [-0.05, 0) is 51.5 Å². The van der Waals surface area contributed by atoms with Crippen molar-refractivity contribution < 1.29 is 4.74 Å². The standard InChI is InChI=1S/C17H21BrN2O/c1-12-5-6-14(18)9-15(12)21-16-11-19-8-7-13(16)10-20-17(2,3)4/h5-9,11,20H,10H2,1-4H3. The zero-order chi connectivity index (χ0) is 15.5. The molecule has 1 heterocycles. The van der Waals surface area contributed by atoms with E-state index < -0.39 is 0 Å². The van der Waals surface area contributed by atoms with Crippen LogP contribution in [0.2, 0.25) is 0 Å². The molecule has 0 bridgehead atoms. The van der Waals surface area contributed by atoms with Crippen molar-refractivity contribution in [2.75, 3.05) is 0 Å². The fourth-order valence-corrected chi connectivity index (χ4v) is 2.15. The van der Waals surface area contributed by atoms with Crippen molar-refractivity contribution in [1.82, 2.24) is 10.3 Å². The van der Waals surface area contributed by atoms with E-state index >= 15 is 0 Å². The molecule has 0 atom stereocenters. The first-order valence-corrected chi connectivity index (χ1v) is 7.76. The normalized spacial score (nSPS) is 11.5. The van der Waals surface area contributed by atoms with Gasteiger partial charge >= 0.3 is 0 Å². The van der Waals surface area contributed by atoms with Gasteiger partial charge in [0.25, 0.3) is 0 Å². The Morgan fingerprint density at radius 2 is 1.95 bits per heavy atom. The number of rotatable bonds is 4. The van der Waals surface area contributed by atoms with E-state index in [-0.39, 0.29) is 5.54 Å². The van der Waals surface area contributed by atoms with Gasteiger partial charge in [-0.1, -0.05) is 22.0 Å². The van der Waals surface area contributed by atoms with Crippen LogP contribution in [-0.4, -0.2) is 10.5 Å². The van der Waals surface area contributed by atoms with Crippen molar-refractivity contribution in [3.8, 4) is 11.5 Å². The van der Waals surface area contributed by atoms with Crippen molar-refractivity contribution in [3.05, 3.63) is 52.3 Å². The number of benzene rings is 1. The molecule has 1 aromatic carbocycles. The van der Waals surface area contributed by atoms with Gasteiger partial charge < -0.3 is 10.1 Å². The van der Waals surface area contributed by atoms with Gasteiger partial charge in [0, 0.05) is 28.3 Å². The van der Waals surface area contributed by atoms with Gasteiger partial charge in [0.05, 0.1) is 6.20 Å². The molecule has 2 rings (SSSR count). The van der Waals surface area contributed by atoms with E-state index in [4.69, 9.17) is 4.74 Å². The second kappa shape index (κ2) is 6.58. The van der Waals surface area contributed by atoms with E-state index in [1.165, 1.54) is 0 Å². The zero-order valence-corrected chi connectivity index (χ0v) is 14.5. The van der Waals surface area contributed by atoms with Crippen LogP contribution in [0, 0.1) is 6.92 Å². The number of halogens is 1. The van der Waals surface area contributed by atoms with E-state index in [9.17, 15) is 0 Å². The van der Waals surface area contributed by atoms with Crippen LogP contribution >= 0.6 is 15.9 Å². The SMILES string of the molecule is Cc1ccc(Br)cc1Oc1cnccc1CNC(C)(C)C. The third kappa shape index (κ3) is 4.83. The van der Waals surface area contributed by atoms with Crippen molar-refractivity contribution in [2.45, 2.75) is 39.8 Å². The lowest BCUT2D eigenvalue weighted by Crippen LogP contribution is -2.35. The number of hydrogen-bond acceptors (Lipinski definition) is 3. The monoisotopic (exact) mass is 348 g/mol. The predicted molar refractivity (Wildman–Crippen MR) is 89.8 cm³/mol. The minimum atomic E-state index is 0.0617. The van der Waals surface area contributed by atoms with Crippen molar-refractivity contribution >= 4 is 15.9 Å². The predicted octanol–water partition coefficient (Wildman–Crippen LogP) is 4.83. The first-order valence-electron chi connectivity index (χ1n) is 6.97. The van der Waals surface area contributed by atoms with Crippen LogP contribution < -0.4 is 10.1 Å². The number of nitrogens with one attached hydrogen (secondary N) is 1. The number of nitrogens with zero attached hydrogens (tertiary/aromatic N) is 1. The lowest BCUT2D eigenvalue weighted by atomic mass is 10.1. The van der Waals surface area contributed by atoms with Crippen molar-refractivity contribution in [2.24, 2.45) is 0 Å². The maximum absolute atomic E-state index is 6.05. The van der Waals surface area contributed by atoms with Crippen LogP contribution in [0.1, 0.15) is 31.9 Å². The molecule has 0 aliphatic heterocycles. The molecule has 0 amide bonds. The summed E-state index contributed by atoms with van der Waals surface area (Å²) in [7, 11) is 0. The maximum atomic E-state index is 6.05. The number of hydrogen-bond donors (Lipinski definition) is 1. The Kier molecular flexibility index (Phi) is 5.01. The molecule has 0 fully saturated rings. The van der Waals surface area contributed by atoms with Crippen LogP contribution in [0.25, 0.3) is 0 Å². The highest BCUT2D eigenvalue weighted by Crippen LogP contribution is 2.29. The summed E-state index contributed by atoms with van der Waals surface area (Å²) in [6.45, 7) is 9.22. The lowest BCUT2D eigenvalue weighted by molar-refractivity contribution is 0.413. The zero-order valence-electron chi connectivity index (χ0n) is 12.9. The van der Waals surface area contributed by atoms with Crippen molar-refractivity contribution in [3.63, 3.8) is 0 Å². The number of aromatic nitrogens is 1. The highest BCUT2D eigenvalue weighted by atomic mass is 79.9. The van der Waals surface area contributed by atoms with E-state index in [1.807, 2.05) is 31.2 Å². The van der Waals surface area contributed by atoms with E-state index in [0.717, 1.165) is 33.6 Å². The third-order valence-corrected chi connectivity index (χ3v) is 3.54. The van der Waals surface area contributed by atoms with Gasteiger partial charge in [0.15, 0.2) is 0 Å².